The molecule has 0 radical (unpaired) electrons. The zero-order valence-corrected chi connectivity index (χ0v) is 8.93. The van der Waals surface area contributed by atoms with Crippen molar-refractivity contribution in [1.82, 2.24) is 10.2 Å². The molecule has 2 fully saturated rings. The van der Waals surface area contributed by atoms with Gasteiger partial charge in [0.05, 0.1) is 17.3 Å². The summed E-state index contributed by atoms with van der Waals surface area (Å²) < 4.78 is 0. The van der Waals surface area contributed by atoms with E-state index in [0.29, 0.717) is 5.88 Å². The summed E-state index contributed by atoms with van der Waals surface area (Å²) in [6.45, 7) is 0. The quantitative estimate of drug-likeness (QED) is 0.747. The van der Waals surface area contributed by atoms with Crippen LogP contribution in [0.15, 0.2) is 6.07 Å². The van der Waals surface area contributed by atoms with Gasteiger partial charge in [-0.15, -0.1) is 11.6 Å². The van der Waals surface area contributed by atoms with Crippen molar-refractivity contribution in [3.8, 4) is 0 Å². The first-order chi connectivity index (χ1) is 6.86. The molecule has 1 aromatic heterocycles. The van der Waals surface area contributed by atoms with Gasteiger partial charge in [-0.25, -0.2) is 0 Å². The van der Waals surface area contributed by atoms with Crippen LogP contribution in [-0.4, -0.2) is 10.2 Å². The molecule has 2 aliphatic rings. The van der Waals surface area contributed by atoms with Crippen LogP contribution in [-0.2, 0) is 5.88 Å². The first kappa shape index (κ1) is 8.78. The van der Waals surface area contributed by atoms with Gasteiger partial charge in [-0.3, -0.25) is 5.10 Å². The summed E-state index contributed by atoms with van der Waals surface area (Å²) >= 11 is 5.75. The summed E-state index contributed by atoms with van der Waals surface area (Å²) in [7, 11) is 0. The van der Waals surface area contributed by atoms with Gasteiger partial charge in [-0.05, 0) is 37.2 Å². The average molecular weight is 211 g/mol. The number of nitrogens with zero attached hydrogens (tertiary/aromatic N) is 1. The molecule has 1 aromatic rings. The lowest BCUT2D eigenvalue weighted by Gasteiger charge is -2.18. The SMILES string of the molecule is ClCc1cc(C2CC3CCC2C3)n[nH]1. The lowest BCUT2D eigenvalue weighted by Crippen LogP contribution is -2.08. The van der Waals surface area contributed by atoms with Crippen LogP contribution in [0.1, 0.15) is 43.0 Å². The number of alkyl halides is 1. The predicted molar refractivity (Wildman–Crippen MR) is 56.3 cm³/mol. The van der Waals surface area contributed by atoms with Gasteiger partial charge in [0.2, 0.25) is 0 Å². The highest BCUT2D eigenvalue weighted by Gasteiger charge is 2.41. The van der Waals surface area contributed by atoms with E-state index in [2.05, 4.69) is 16.3 Å². The maximum atomic E-state index is 5.75. The van der Waals surface area contributed by atoms with Crippen LogP contribution in [0.3, 0.4) is 0 Å². The van der Waals surface area contributed by atoms with Crippen LogP contribution < -0.4 is 0 Å². The number of halogens is 1. The molecule has 2 saturated carbocycles. The van der Waals surface area contributed by atoms with Crippen molar-refractivity contribution >= 4 is 11.6 Å². The first-order valence-electron chi connectivity index (χ1n) is 5.47. The highest BCUT2D eigenvalue weighted by atomic mass is 35.5. The van der Waals surface area contributed by atoms with E-state index in [-0.39, 0.29) is 0 Å². The highest BCUT2D eigenvalue weighted by molar-refractivity contribution is 6.16. The van der Waals surface area contributed by atoms with Crippen molar-refractivity contribution in [3.05, 3.63) is 17.5 Å². The van der Waals surface area contributed by atoms with Gasteiger partial charge < -0.3 is 0 Å². The zero-order valence-electron chi connectivity index (χ0n) is 8.17. The summed E-state index contributed by atoms with van der Waals surface area (Å²) in [5.41, 5.74) is 2.32. The second-order valence-electron chi connectivity index (χ2n) is 4.73. The Kier molecular flexibility index (Phi) is 2.05. The molecule has 14 heavy (non-hydrogen) atoms. The third-order valence-electron chi connectivity index (χ3n) is 3.91. The van der Waals surface area contributed by atoms with Crippen LogP contribution in [0.4, 0.5) is 0 Å². The van der Waals surface area contributed by atoms with Gasteiger partial charge >= 0.3 is 0 Å². The molecule has 76 valence electrons. The molecule has 0 aromatic carbocycles. The Bertz CT molecular complexity index is 334. The molecular formula is C11H15ClN2. The van der Waals surface area contributed by atoms with Gasteiger partial charge in [-0.1, -0.05) is 6.42 Å². The van der Waals surface area contributed by atoms with Gasteiger partial charge in [0, 0.05) is 5.92 Å². The van der Waals surface area contributed by atoms with Crippen LogP contribution in [0.5, 0.6) is 0 Å². The number of H-pyrrole nitrogens is 1. The Hall–Kier alpha value is -0.500. The lowest BCUT2D eigenvalue weighted by molar-refractivity contribution is 0.413. The standard InChI is InChI=1S/C11H15ClN2/c12-6-9-5-11(14-13-9)10-4-7-1-2-8(10)3-7/h5,7-8,10H,1-4,6H2,(H,13,14). The first-order valence-corrected chi connectivity index (χ1v) is 6.00. The van der Waals surface area contributed by atoms with Crippen LogP contribution in [0, 0.1) is 11.8 Å². The molecule has 3 unspecified atom stereocenters. The number of hydrogen-bond acceptors (Lipinski definition) is 1. The summed E-state index contributed by atoms with van der Waals surface area (Å²) in [5.74, 6) is 3.17. The number of fused-ring (bicyclic) bond motifs is 2. The van der Waals surface area contributed by atoms with Crippen LogP contribution in [0.25, 0.3) is 0 Å². The molecule has 2 aliphatic carbocycles. The summed E-state index contributed by atoms with van der Waals surface area (Å²) in [5, 5.41) is 7.39. The molecule has 2 nitrogen and oxygen atoms in total. The minimum absolute atomic E-state index is 0.549. The normalized spacial score (nSPS) is 35.4. The summed E-state index contributed by atoms with van der Waals surface area (Å²) in [4.78, 5) is 0. The second kappa shape index (κ2) is 3.27. The molecule has 1 N–H and O–H groups in total. The maximum absolute atomic E-state index is 5.75. The van der Waals surface area contributed by atoms with Crippen molar-refractivity contribution in [2.24, 2.45) is 11.8 Å². The Morgan fingerprint density at radius 3 is 2.93 bits per heavy atom. The van der Waals surface area contributed by atoms with Crippen molar-refractivity contribution < 1.29 is 0 Å². The minimum Gasteiger partial charge on any atom is -0.281 e. The molecule has 3 heteroatoms. The number of nitrogens with one attached hydrogen (secondary N) is 1. The average Bonchev–Trinajstić information content (AvgIpc) is 2.93. The fourth-order valence-corrected chi connectivity index (χ4v) is 3.38. The molecular weight excluding hydrogens is 196 g/mol. The number of hydrogen-bond donors (Lipinski definition) is 1. The summed E-state index contributed by atoms with van der Waals surface area (Å²) in [6, 6.07) is 2.15. The van der Waals surface area contributed by atoms with Crippen LogP contribution >= 0.6 is 11.6 Å². The third-order valence-corrected chi connectivity index (χ3v) is 4.20. The van der Waals surface area contributed by atoms with E-state index in [0.717, 1.165) is 23.4 Å². The van der Waals surface area contributed by atoms with Gasteiger partial charge in [-0.2, -0.15) is 5.10 Å². The topological polar surface area (TPSA) is 28.7 Å². The van der Waals surface area contributed by atoms with Crippen molar-refractivity contribution in [2.75, 3.05) is 0 Å². The Morgan fingerprint density at radius 1 is 1.43 bits per heavy atom. The predicted octanol–water partition coefficient (Wildman–Crippen LogP) is 3.05. The van der Waals surface area contributed by atoms with Crippen molar-refractivity contribution in [1.29, 1.82) is 0 Å². The van der Waals surface area contributed by atoms with Crippen molar-refractivity contribution in [2.45, 2.75) is 37.5 Å². The molecule has 2 bridgehead atoms. The molecule has 0 spiro atoms. The molecule has 3 rings (SSSR count). The summed E-state index contributed by atoms with van der Waals surface area (Å²) in [6.07, 6.45) is 5.66. The fraction of sp³-hybridized carbons (Fsp3) is 0.727. The monoisotopic (exact) mass is 210 g/mol. The molecule has 1 heterocycles. The molecule has 0 aliphatic heterocycles. The molecule has 0 amide bonds. The Balaban J connectivity index is 1.82. The molecule has 0 saturated heterocycles. The highest BCUT2D eigenvalue weighted by Crippen LogP contribution is 2.52. The largest absolute Gasteiger partial charge is 0.281 e. The maximum Gasteiger partial charge on any atom is 0.0659 e. The van der Waals surface area contributed by atoms with E-state index in [4.69, 9.17) is 11.6 Å². The van der Waals surface area contributed by atoms with Crippen molar-refractivity contribution in [3.63, 3.8) is 0 Å². The Morgan fingerprint density at radius 2 is 2.36 bits per heavy atom. The van der Waals surface area contributed by atoms with Gasteiger partial charge in [0.1, 0.15) is 0 Å². The zero-order chi connectivity index (χ0) is 9.54. The van der Waals surface area contributed by atoms with E-state index in [1.807, 2.05) is 0 Å². The van der Waals surface area contributed by atoms with Crippen LogP contribution in [0.2, 0.25) is 0 Å². The smallest absolute Gasteiger partial charge is 0.0659 e. The van der Waals surface area contributed by atoms with E-state index in [9.17, 15) is 0 Å². The van der Waals surface area contributed by atoms with E-state index < -0.39 is 0 Å². The number of rotatable bonds is 2. The fourth-order valence-electron chi connectivity index (χ4n) is 3.24. The number of aromatic amines is 1. The number of aromatic nitrogens is 2. The third kappa shape index (κ3) is 1.28. The Labute approximate surface area is 89.0 Å². The van der Waals surface area contributed by atoms with E-state index in [1.54, 1.807) is 0 Å². The lowest BCUT2D eigenvalue weighted by atomic mass is 9.86. The van der Waals surface area contributed by atoms with E-state index in [1.165, 1.54) is 31.4 Å². The van der Waals surface area contributed by atoms with Gasteiger partial charge in [0.25, 0.3) is 0 Å². The molecule has 3 atom stereocenters. The van der Waals surface area contributed by atoms with Gasteiger partial charge in [0.15, 0.2) is 0 Å². The second-order valence-corrected chi connectivity index (χ2v) is 5.00. The minimum atomic E-state index is 0.549. The van der Waals surface area contributed by atoms with E-state index >= 15 is 0 Å².